The molecule has 1 aromatic carbocycles. The maximum Gasteiger partial charge on any atom is 0.120 e. The van der Waals surface area contributed by atoms with Gasteiger partial charge in [-0.25, -0.2) is 0 Å². The first kappa shape index (κ1) is 9.84. The van der Waals surface area contributed by atoms with Crippen molar-refractivity contribution in [3.8, 4) is 5.75 Å². The van der Waals surface area contributed by atoms with Gasteiger partial charge in [-0.3, -0.25) is 0 Å². The van der Waals surface area contributed by atoms with Crippen molar-refractivity contribution in [2.24, 2.45) is 0 Å². The molecule has 0 aliphatic heterocycles. The molecule has 1 nitrogen and oxygen atoms in total. The van der Waals surface area contributed by atoms with Crippen molar-refractivity contribution in [3.05, 3.63) is 27.3 Å². The van der Waals surface area contributed by atoms with Crippen LogP contribution in [0.2, 0.25) is 0 Å². The van der Waals surface area contributed by atoms with Gasteiger partial charge in [0.05, 0.1) is 6.61 Å². The van der Waals surface area contributed by atoms with Crippen LogP contribution in [0.3, 0.4) is 0 Å². The van der Waals surface area contributed by atoms with E-state index in [0.717, 1.165) is 18.8 Å². The molecule has 12 heavy (non-hydrogen) atoms. The van der Waals surface area contributed by atoms with Gasteiger partial charge in [-0.1, -0.05) is 13.0 Å². The first-order valence-corrected chi connectivity index (χ1v) is 5.21. The fraction of sp³-hybridized carbons (Fsp3) is 0.400. The van der Waals surface area contributed by atoms with Crippen molar-refractivity contribution in [1.29, 1.82) is 0 Å². The van der Waals surface area contributed by atoms with E-state index in [0.29, 0.717) is 0 Å². The number of halogens is 1. The summed E-state index contributed by atoms with van der Waals surface area (Å²) in [5.74, 6) is 0.979. The minimum absolute atomic E-state index is 0.805. The number of hydrogen-bond acceptors (Lipinski definition) is 1. The highest BCUT2D eigenvalue weighted by Crippen LogP contribution is 2.18. The smallest absolute Gasteiger partial charge is 0.120 e. The first-order chi connectivity index (χ1) is 5.74. The Morgan fingerprint density at radius 2 is 2.17 bits per heavy atom. The minimum Gasteiger partial charge on any atom is -0.494 e. The second-order valence-electron chi connectivity index (χ2n) is 2.76. The van der Waals surface area contributed by atoms with Crippen LogP contribution in [0.25, 0.3) is 0 Å². The maximum atomic E-state index is 5.49. The molecule has 1 aromatic rings. The SMILES string of the molecule is CCCOc1ccc(C)c(I)c1. The van der Waals surface area contributed by atoms with Crippen molar-refractivity contribution in [3.63, 3.8) is 0 Å². The summed E-state index contributed by atoms with van der Waals surface area (Å²) in [4.78, 5) is 0. The minimum atomic E-state index is 0.805. The molecule has 0 aliphatic rings. The van der Waals surface area contributed by atoms with Gasteiger partial charge in [-0.15, -0.1) is 0 Å². The van der Waals surface area contributed by atoms with Crippen LogP contribution < -0.4 is 4.74 Å². The summed E-state index contributed by atoms with van der Waals surface area (Å²) in [6.07, 6.45) is 1.06. The lowest BCUT2D eigenvalue weighted by molar-refractivity contribution is 0.317. The number of ether oxygens (including phenoxy) is 1. The summed E-state index contributed by atoms with van der Waals surface area (Å²) in [7, 11) is 0. The van der Waals surface area contributed by atoms with Gasteiger partial charge >= 0.3 is 0 Å². The van der Waals surface area contributed by atoms with Gasteiger partial charge in [-0.2, -0.15) is 0 Å². The fourth-order valence-electron chi connectivity index (χ4n) is 0.883. The molecule has 0 amide bonds. The highest BCUT2D eigenvalue weighted by Gasteiger charge is 1.96. The molecule has 66 valence electrons. The topological polar surface area (TPSA) is 9.23 Å². The zero-order valence-corrected chi connectivity index (χ0v) is 9.59. The Kier molecular flexibility index (Phi) is 3.85. The van der Waals surface area contributed by atoms with E-state index in [2.05, 4.69) is 48.6 Å². The van der Waals surface area contributed by atoms with Gasteiger partial charge in [0.25, 0.3) is 0 Å². The number of aryl methyl sites for hydroxylation is 1. The molecular formula is C10H13IO. The van der Waals surface area contributed by atoms with Crippen LogP contribution in [-0.2, 0) is 0 Å². The summed E-state index contributed by atoms with van der Waals surface area (Å²) < 4.78 is 6.75. The van der Waals surface area contributed by atoms with Crippen LogP contribution in [0, 0.1) is 10.5 Å². The number of benzene rings is 1. The third-order valence-corrected chi connectivity index (χ3v) is 2.78. The summed E-state index contributed by atoms with van der Waals surface area (Å²) in [5, 5.41) is 0. The molecule has 0 radical (unpaired) electrons. The Morgan fingerprint density at radius 1 is 1.42 bits per heavy atom. The molecule has 0 unspecified atom stereocenters. The Labute approximate surface area is 87.3 Å². The Morgan fingerprint density at radius 3 is 2.75 bits per heavy atom. The highest BCUT2D eigenvalue weighted by atomic mass is 127. The molecule has 0 spiro atoms. The molecule has 0 fully saturated rings. The van der Waals surface area contributed by atoms with E-state index in [1.165, 1.54) is 9.13 Å². The third kappa shape index (κ3) is 2.66. The second kappa shape index (κ2) is 4.70. The Bertz CT molecular complexity index is 258. The van der Waals surface area contributed by atoms with Crippen LogP contribution in [-0.4, -0.2) is 6.61 Å². The first-order valence-electron chi connectivity index (χ1n) is 4.13. The van der Waals surface area contributed by atoms with Crippen molar-refractivity contribution in [2.75, 3.05) is 6.61 Å². The third-order valence-electron chi connectivity index (χ3n) is 1.62. The summed E-state index contributed by atoms with van der Waals surface area (Å²) >= 11 is 2.32. The quantitative estimate of drug-likeness (QED) is 0.769. The predicted molar refractivity (Wildman–Crippen MR) is 59.7 cm³/mol. The molecular weight excluding hydrogens is 263 g/mol. The standard InChI is InChI=1S/C10H13IO/c1-3-6-12-9-5-4-8(2)10(11)7-9/h4-5,7H,3,6H2,1-2H3. The lowest BCUT2D eigenvalue weighted by atomic mass is 10.2. The molecule has 2 heteroatoms. The second-order valence-corrected chi connectivity index (χ2v) is 3.92. The molecule has 0 saturated carbocycles. The van der Waals surface area contributed by atoms with Gasteiger partial charge < -0.3 is 4.74 Å². The Hall–Kier alpha value is -0.250. The van der Waals surface area contributed by atoms with E-state index >= 15 is 0 Å². The average molecular weight is 276 g/mol. The van der Waals surface area contributed by atoms with Crippen LogP contribution in [0.1, 0.15) is 18.9 Å². The van der Waals surface area contributed by atoms with Gasteiger partial charge in [0, 0.05) is 3.57 Å². The molecule has 0 aromatic heterocycles. The molecule has 0 aliphatic carbocycles. The van der Waals surface area contributed by atoms with E-state index in [1.54, 1.807) is 0 Å². The molecule has 0 heterocycles. The molecule has 0 atom stereocenters. The van der Waals surface area contributed by atoms with E-state index in [9.17, 15) is 0 Å². The molecule has 0 saturated heterocycles. The fourth-order valence-corrected chi connectivity index (χ4v) is 1.37. The van der Waals surface area contributed by atoms with Crippen LogP contribution in [0.4, 0.5) is 0 Å². The molecule has 0 bridgehead atoms. The summed E-state index contributed by atoms with van der Waals surface area (Å²) in [6, 6.07) is 6.19. The summed E-state index contributed by atoms with van der Waals surface area (Å²) in [6.45, 7) is 5.02. The van der Waals surface area contributed by atoms with Crippen molar-refractivity contribution in [2.45, 2.75) is 20.3 Å². The molecule has 1 rings (SSSR count). The van der Waals surface area contributed by atoms with E-state index in [-0.39, 0.29) is 0 Å². The zero-order valence-electron chi connectivity index (χ0n) is 7.43. The van der Waals surface area contributed by atoms with Crippen molar-refractivity contribution >= 4 is 22.6 Å². The maximum absolute atomic E-state index is 5.49. The summed E-state index contributed by atoms with van der Waals surface area (Å²) in [5.41, 5.74) is 1.31. The van der Waals surface area contributed by atoms with Crippen LogP contribution in [0.5, 0.6) is 5.75 Å². The monoisotopic (exact) mass is 276 g/mol. The van der Waals surface area contributed by atoms with Crippen LogP contribution in [0.15, 0.2) is 18.2 Å². The van der Waals surface area contributed by atoms with Gasteiger partial charge in [-0.05, 0) is 53.6 Å². The van der Waals surface area contributed by atoms with Crippen LogP contribution >= 0.6 is 22.6 Å². The zero-order chi connectivity index (χ0) is 8.97. The van der Waals surface area contributed by atoms with E-state index < -0.39 is 0 Å². The van der Waals surface area contributed by atoms with Crippen molar-refractivity contribution < 1.29 is 4.74 Å². The molecule has 0 N–H and O–H groups in total. The van der Waals surface area contributed by atoms with Gasteiger partial charge in [0.2, 0.25) is 0 Å². The predicted octanol–water partition coefficient (Wildman–Crippen LogP) is 3.39. The van der Waals surface area contributed by atoms with Crippen molar-refractivity contribution in [1.82, 2.24) is 0 Å². The largest absolute Gasteiger partial charge is 0.494 e. The average Bonchev–Trinajstić information content (AvgIpc) is 2.07. The highest BCUT2D eigenvalue weighted by molar-refractivity contribution is 14.1. The van der Waals surface area contributed by atoms with E-state index in [1.807, 2.05) is 6.07 Å². The van der Waals surface area contributed by atoms with Gasteiger partial charge in [0.1, 0.15) is 5.75 Å². The number of rotatable bonds is 3. The Balaban J connectivity index is 2.69. The van der Waals surface area contributed by atoms with Gasteiger partial charge in [0.15, 0.2) is 0 Å². The lowest BCUT2D eigenvalue weighted by Crippen LogP contribution is -1.95. The van der Waals surface area contributed by atoms with E-state index in [4.69, 9.17) is 4.74 Å². The normalized spacial score (nSPS) is 9.92. The lowest BCUT2D eigenvalue weighted by Gasteiger charge is -2.05. The number of hydrogen-bond donors (Lipinski definition) is 0.